The van der Waals surface area contributed by atoms with Crippen LogP contribution in [0.15, 0.2) is 36.4 Å². The summed E-state index contributed by atoms with van der Waals surface area (Å²) >= 11 is 0. The number of H-pyrrole nitrogens is 1. The molecule has 0 radical (unpaired) electrons. The lowest BCUT2D eigenvalue weighted by Gasteiger charge is -2.07. The molecular formula is C19H16F3N3O2. The van der Waals surface area contributed by atoms with Gasteiger partial charge < -0.3 is 16.0 Å². The summed E-state index contributed by atoms with van der Waals surface area (Å²) in [7, 11) is 0. The molecule has 0 spiro atoms. The second-order valence-corrected chi connectivity index (χ2v) is 6.04. The van der Waals surface area contributed by atoms with Crippen LogP contribution in [0.1, 0.15) is 12.0 Å². The fourth-order valence-corrected chi connectivity index (χ4v) is 2.94. The molecule has 0 atom stereocenters. The first-order valence-electron chi connectivity index (χ1n) is 8.15. The molecule has 27 heavy (non-hydrogen) atoms. The van der Waals surface area contributed by atoms with Crippen LogP contribution in [0.3, 0.4) is 0 Å². The molecule has 0 aliphatic heterocycles. The third kappa shape index (κ3) is 4.11. The average molecular weight is 375 g/mol. The first-order chi connectivity index (χ1) is 12.8. The van der Waals surface area contributed by atoms with Crippen molar-refractivity contribution >= 4 is 22.7 Å². The number of amides is 2. The molecule has 1 aromatic heterocycles. The first kappa shape index (κ1) is 18.5. The van der Waals surface area contributed by atoms with E-state index in [0.29, 0.717) is 22.2 Å². The Kier molecular flexibility index (Phi) is 5.16. The quantitative estimate of drug-likeness (QED) is 0.579. The summed E-state index contributed by atoms with van der Waals surface area (Å²) in [4.78, 5) is 25.2. The van der Waals surface area contributed by atoms with Crippen LogP contribution in [0.2, 0.25) is 0 Å². The molecule has 0 saturated carbocycles. The highest BCUT2D eigenvalue weighted by Crippen LogP contribution is 2.32. The van der Waals surface area contributed by atoms with Crippen molar-refractivity contribution in [1.82, 2.24) is 10.3 Å². The number of carbonyl (C=O) groups excluding carboxylic acids is 2. The van der Waals surface area contributed by atoms with Crippen LogP contribution in [0.5, 0.6) is 0 Å². The van der Waals surface area contributed by atoms with Gasteiger partial charge in [0, 0.05) is 23.7 Å². The molecule has 1 heterocycles. The summed E-state index contributed by atoms with van der Waals surface area (Å²) in [6.07, 6.45) is -0.206. The highest BCUT2D eigenvalue weighted by atomic mass is 19.1. The van der Waals surface area contributed by atoms with Gasteiger partial charge in [-0.3, -0.25) is 9.59 Å². The molecule has 0 aliphatic rings. The molecule has 0 fully saturated rings. The minimum Gasteiger partial charge on any atom is -0.369 e. The van der Waals surface area contributed by atoms with Crippen LogP contribution in [-0.4, -0.2) is 23.3 Å². The molecule has 3 rings (SSSR count). The lowest BCUT2D eigenvalue weighted by molar-refractivity contribution is -0.127. The molecular weight excluding hydrogens is 359 g/mol. The predicted molar refractivity (Wildman–Crippen MR) is 94.1 cm³/mol. The van der Waals surface area contributed by atoms with Crippen LogP contribution in [0.25, 0.3) is 22.2 Å². The molecule has 0 unspecified atom stereocenters. The molecule has 2 amide bonds. The lowest BCUT2D eigenvalue weighted by Crippen LogP contribution is -2.29. The maximum Gasteiger partial charge on any atom is 0.229 e. The Morgan fingerprint density at radius 3 is 2.41 bits per heavy atom. The van der Waals surface area contributed by atoms with Crippen molar-refractivity contribution in [2.75, 3.05) is 6.54 Å². The SMILES string of the molecule is NC(=O)CC(=O)NCCc1c(-c2ccc(F)cc2)[nH]c2c(F)cc(F)cc12. The van der Waals surface area contributed by atoms with Crippen LogP contribution >= 0.6 is 0 Å². The smallest absolute Gasteiger partial charge is 0.229 e. The third-order valence-electron chi connectivity index (χ3n) is 4.10. The van der Waals surface area contributed by atoms with E-state index in [4.69, 9.17) is 5.73 Å². The molecule has 5 nitrogen and oxygen atoms in total. The number of hydrogen-bond acceptors (Lipinski definition) is 2. The number of primary amides is 1. The van der Waals surface area contributed by atoms with Gasteiger partial charge in [0.25, 0.3) is 0 Å². The van der Waals surface area contributed by atoms with Crippen LogP contribution in [0, 0.1) is 17.5 Å². The molecule has 0 aliphatic carbocycles. The molecule has 0 bridgehead atoms. The second kappa shape index (κ2) is 7.53. The molecule has 8 heteroatoms. The van der Waals surface area contributed by atoms with Gasteiger partial charge in [0.2, 0.25) is 11.8 Å². The fourth-order valence-electron chi connectivity index (χ4n) is 2.94. The van der Waals surface area contributed by atoms with Gasteiger partial charge >= 0.3 is 0 Å². The summed E-state index contributed by atoms with van der Waals surface area (Å²) in [5.74, 6) is -3.20. The Labute approximate surface area is 152 Å². The summed E-state index contributed by atoms with van der Waals surface area (Å²) in [6, 6.07) is 7.52. The Bertz CT molecular complexity index is 1010. The van der Waals surface area contributed by atoms with Gasteiger partial charge in [-0.1, -0.05) is 0 Å². The summed E-state index contributed by atoms with van der Waals surface area (Å²) in [5, 5.41) is 2.86. The zero-order valence-corrected chi connectivity index (χ0v) is 14.1. The van der Waals surface area contributed by atoms with Gasteiger partial charge in [-0.05, 0) is 47.9 Å². The number of carbonyl (C=O) groups is 2. The number of halogens is 3. The zero-order valence-electron chi connectivity index (χ0n) is 14.1. The van der Waals surface area contributed by atoms with Crippen molar-refractivity contribution in [3.05, 3.63) is 59.4 Å². The maximum absolute atomic E-state index is 14.2. The highest BCUT2D eigenvalue weighted by Gasteiger charge is 2.17. The monoisotopic (exact) mass is 375 g/mol. The van der Waals surface area contributed by atoms with Gasteiger partial charge in [0.05, 0.1) is 5.52 Å². The summed E-state index contributed by atoms with van der Waals surface area (Å²) in [6.45, 7) is 0.130. The molecule has 0 saturated heterocycles. The Morgan fingerprint density at radius 1 is 1.04 bits per heavy atom. The van der Waals surface area contributed by atoms with E-state index < -0.39 is 35.7 Å². The normalized spacial score (nSPS) is 10.9. The van der Waals surface area contributed by atoms with Crippen molar-refractivity contribution in [1.29, 1.82) is 0 Å². The van der Waals surface area contributed by atoms with Gasteiger partial charge in [-0.2, -0.15) is 0 Å². The number of fused-ring (bicyclic) bond motifs is 1. The number of nitrogens with two attached hydrogens (primary N) is 1. The molecule has 3 aromatic rings. The van der Waals surface area contributed by atoms with Gasteiger partial charge in [0.1, 0.15) is 23.9 Å². The highest BCUT2D eigenvalue weighted by molar-refractivity contribution is 5.96. The lowest BCUT2D eigenvalue weighted by atomic mass is 10.0. The number of hydrogen-bond donors (Lipinski definition) is 3. The van der Waals surface area contributed by atoms with E-state index in [9.17, 15) is 22.8 Å². The zero-order chi connectivity index (χ0) is 19.6. The third-order valence-corrected chi connectivity index (χ3v) is 4.10. The average Bonchev–Trinajstić information content (AvgIpc) is 2.94. The van der Waals surface area contributed by atoms with Crippen molar-refractivity contribution < 1.29 is 22.8 Å². The number of rotatable bonds is 6. The number of nitrogens with one attached hydrogen (secondary N) is 2. The molecule has 2 aromatic carbocycles. The predicted octanol–water partition coefficient (Wildman–Crippen LogP) is 2.79. The Hall–Kier alpha value is -3.29. The Morgan fingerprint density at radius 2 is 1.74 bits per heavy atom. The van der Waals surface area contributed by atoms with Crippen molar-refractivity contribution in [3.63, 3.8) is 0 Å². The fraction of sp³-hybridized carbons (Fsp3) is 0.158. The summed E-state index contributed by atoms with van der Waals surface area (Å²) in [5.41, 5.74) is 6.73. The van der Waals surface area contributed by atoms with Crippen LogP contribution < -0.4 is 11.1 Å². The van der Waals surface area contributed by atoms with Gasteiger partial charge in [0.15, 0.2) is 0 Å². The minimum atomic E-state index is -0.754. The van der Waals surface area contributed by atoms with Crippen molar-refractivity contribution in [3.8, 4) is 11.3 Å². The topological polar surface area (TPSA) is 88.0 Å². The number of benzene rings is 2. The number of aromatic amines is 1. The minimum absolute atomic E-state index is 0.120. The van der Waals surface area contributed by atoms with E-state index in [0.717, 1.165) is 6.07 Å². The van der Waals surface area contributed by atoms with Crippen LogP contribution in [-0.2, 0) is 16.0 Å². The number of aromatic nitrogens is 1. The van der Waals surface area contributed by atoms with E-state index in [1.807, 2.05) is 0 Å². The standard InChI is InChI=1S/C19H16F3N3O2/c20-11-3-1-10(2-4-11)18-13(5-6-24-17(27)9-16(23)26)14-7-12(21)8-15(22)19(14)25-18/h1-4,7-8,25H,5-6,9H2,(H2,23,26)(H,24,27). The van der Waals surface area contributed by atoms with Gasteiger partial charge in [-0.15, -0.1) is 0 Å². The molecule has 140 valence electrons. The largest absolute Gasteiger partial charge is 0.369 e. The van der Waals surface area contributed by atoms with Crippen LogP contribution in [0.4, 0.5) is 13.2 Å². The first-order valence-corrected chi connectivity index (χ1v) is 8.15. The van der Waals surface area contributed by atoms with E-state index in [1.54, 1.807) is 0 Å². The summed E-state index contributed by atoms with van der Waals surface area (Å²) < 4.78 is 41.1. The maximum atomic E-state index is 14.2. The van der Waals surface area contributed by atoms with Gasteiger partial charge in [-0.25, -0.2) is 13.2 Å². The van der Waals surface area contributed by atoms with Crippen molar-refractivity contribution in [2.24, 2.45) is 5.73 Å². The van der Waals surface area contributed by atoms with E-state index in [1.165, 1.54) is 30.3 Å². The van der Waals surface area contributed by atoms with E-state index in [-0.39, 0.29) is 18.5 Å². The Balaban J connectivity index is 1.97. The molecule has 4 N–H and O–H groups in total. The van der Waals surface area contributed by atoms with E-state index in [2.05, 4.69) is 10.3 Å². The second-order valence-electron chi connectivity index (χ2n) is 6.04. The van der Waals surface area contributed by atoms with Crippen molar-refractivity contribution in [2.45, 2.75) is 12.8 Å². The van der Waals surface area contributed by atoms with E-state index >= 15 is 0 Å².